The standard InChI is InChI=1S/C24H27N5O3/c1-16-13-18(28-24-25-10-6-11-26-24)14-19(27-16)17-7-5-12-29(15-17)23(30)22-20(31-2)8-4-9-21(22)32-3/h4,6,8-11,13-14,17H,5,7,12,15H2,1-3H3,(H,25,26,27,28). The molecule has 1 unspecified atom stereocenters. The number of aromatic nitrogens is 3. The number of carbonyl (C=O) groups is 1. The first-order valence-corrected chi connectivity index (χ1v) is 10.6. The molecule has 1 fully saturated rings. The van der Waals surface area contributed by atoms with Crippen LogP contribution in [0.25, 0.3) is 0 Å². The van der Waals surface area contributed by atoms with E-state index in [1.807, 2.05) is 30.0 Å². The Morgan fingerprint density at radius 1 is 1.09 bits per heavy atom. The minimum absolute atomic E-state index is 0.0901. The van der Waals surface area contributed by atoms with Crippen LogP contribution in [0.5, 0.6) is 11.5 Å². The van der Waals surface area contributed by atoms with Crippen LogP contribution in [0.1, 0.15) is 40.5 Å². The van der Waals surface area contributed by atoms with Crippen molar-refractivity contribution in [3.8, 4) is 11.5 Å². The third-order valence-electron chi connectivity index (χ3n) is 5.56. The molecule has 0 spiro atoms. The Bertz CT molecular complexity index is 1070. The first kappa shape index (κ1) is 21.5. The van der Waals surface area contributed by atoms with E-state index in [0.717, 1.165) is 29.9 Å². The number of aryl methyl sites for hydroxylation is 1. The maximum absolute atomic E-state index is 13.4. The Morgan fingerprint density at radius 2 is 1.81 bits per heavy atom. The van der Waals surface area contributed by atoms with Crippen molar-refractivity contribution in [3.63, 3.8) is 0 Å². The van der Waals surface area contributed by atoms with E-state index in [1.54, 1.807) is 44.8 Å². The van der Waals surface area contributed by atoms with Crippen LogP contribution in [0.2, 0.25) is 0 Å². The lowest BCUT2D eigenvalue weighted by Crippen LogP contribution is -2.39. The molecule has 1 aromatic carbocycles. The predicted molar refractivity (Wildman–Crippen MR) is 122 cm³/mol. The molecule has 1 aliphatic rings. The largest absolute Gasteiger partial charge is 0.496 e. The number of nitrogens with one attached hydrogen (secondary N) is 1. The Labute approximate surface area is 187 Å². The smallest absolute Gasteiger partial charge is 0.261 e. The summed E-state index contributed by atoms with van der Waals surface area (Å²) in [7, 11) is 3.12. The molecule has 8 nitrogen and oxygen atoms in total. The maximum Gasteiger partial charge on any atom is 0.261 e. The number of benzene rings is 1. The molecule has 0 aliphatic carbocycles. The van der Waals surface area contributed by atoms with Crippen LogP contribution in [0.15, 0.2) is 48.8 Å². The van der Waals surface area contributed by atoms with Crippen LogP contribution < -0.4 is 14.8 Å². The first-order chi connectivity index (χ1) is 15.6. The van der Waals surface area contributed by atoms with Crippen LogP contribution in [-0.4, -0.2) is 53.1 Å². The maximum atomic E-state index is 13.4. The molecule has 1 N–H and O–H groups in total. The predicted octanol–water partition coefficient (Wildman–Crippen LogP) is 3.96. The summed E-state index contributed by atoms with van der Waals surface area (Å²) in [5, 5.41) is 3.24. The molecule has 1 aliphatic heterocycles. The van der Waals surface area contributed by atoms with Crippen molar-refractivity contribution in [1.29, 1.82) is 0 Å². The SMILES string of the molecule is COc1cccc(OC)c1C(=O)N1CCCC(c2cc(Nc3ncccn3)cc(C)n2)C1. The van der Waals surface area contributed by atoms with Gasteiger partial charge in [-0.3, -0.25) is 9.78 Å². The number of hydrogen-bond donors (Lipinski definition) is 1. The molecular weight excluding hydrogens is 406 g/mol. The van der Waals surface area contributed by atoms with Crippen molar-refractivity contribution >= 4 is 17.5 Å². The molecule has 3 heterocycles. The summed E-state index contributed by atoms with van der Waals surface area (Å²) in [6.07, 6.45) is 5.25. The van der Waals surface area contributed by atoms with E-state index < -0.39 is 0 Å². The normalized spacial score (nSPS) is 15.8. The second-order valence-corrected chi connectivity index (χ2v) is 7.75. The Balaban J connectivity index is 1.57. The number of nitrogens with zero attached hydrogens (tertiary/aromatic N) is 4. The summed E-state index contributed by atoms with van der Waals surface area (Å²) >= 11 is 0. The van der Waals surface area contributed by atoms with E-state index in [4.69, 9.17) is 14.5 Å². The van der Waals surface area contributed by atoms with E-state index in [1.165, 1.54) is 0 Å². The minimum atomic E-state index is -0.0901. The van der Waals surface area contributed by atoms with Crippen LogP contribution in [0.4, 0.5) is 11.6 Å². The summed E-state index contributed by atoms with van der Waals surface area (Å²) < 4.78 is 10.9. The number of carbonyl (C=O) groups excluding carboxylic acids is 1. The molecule has 2 aromatic heterocycles. The van der Waals surface area contributed by atoms with E-state index in [2.05, 4.69) is 15.3 Å². The van der Waals surface area contributed by atoms with Gasteiger partial charge >= 0.3 is 0 Å². The number of methoxy groups -OCH3 is 2. The van der Waals surface area contributed by atoms with Gasteiger partial charge in [0, 0.05) is 48.5 Å². The fraction of sp³-hybridized carbons (Fsp3) is 0.333. The van der Waals surface area contributed by atoms with Gasteiger partial charge in [-0.2, -0.15) is 0 Å². The highest BCUT2D eigenvalue weighted by Crippen LogP contribution is 2.33. The van der Waals surface area contributed by atoms with Crippen molar-refractivity contribution in [2.75, 3.05) is 32.6 Å². The highest BCUT2D eigenvalue weighted by molar-refractivity contribution is 5.99. The molecule has 166 valence electrons. The van der Waals surface area contributed by atoms with Crippen molar-refractivity contribution in [2.45, 2.75) is 25.7 Å². The molecule has 8 heteroatoms. The van der Waals surface area contributed by atoms with Gasteiger partial charge in [0.2, 0.25) is 5.95 Å². The van der Waals surface area contributed by atoms with Crippen molar-refractivity contribution in [1.82, 2.24) is 19.9 Å². The number of pyridine rings is 1. The van der Waals surface area contributed by atoms with Gasteiger partial charge in [0.1, 0.15) is 17.1 Å². The molecular formula is C24H27N5O3. The fourth-order valence-corrected chi connectivity index (χ4v) is 4.09. The number of likely N-dealkylation sites (tertiary alicyclic amines) is 1. The van der Waals surface area contributed by atoms with Crippen LogP contribution in [0.3, 0.4) is 0 Å². The number of anilines is 2. The highest BCUT2D eigenvalue weighted by Gasteiger charge is 2.30. The average molecular weight is 434 g/mol. The van der Waals surface area contributed by atoms with Gasteiger partial charge in [-0.1, -0.05) is 6.07 Å². The zero-order chi connectivity index (χ0) is 22.5. The van der Waals surface area contributed by atoms with Crippen molar-refractivity contribution in [3.05, 3.63) is 65.7 Å². The van der Waals surface area contributed by atoms with Crippen molar-refractivity contribution < 1.29 is 14.3 Å². The van der Waals surface area contributed by atoms with Gasteiger partial charge in [0.25, 0.3) is 5.91 Å². The number of amides is 1. The molecule has 4 rings (SSSR count). The van der Waals surface area contributed by atoms with E-state index in [-0.39, 0.29) is 11.8 Å². The van der Waals surface area contributed by atoms with Gasteiger partial charge in [-0.05, 0) is 50.1 Å². The number of hydrogen-bond acceptors (Lipinski definition) is 7. The summed E-state index contributed by atoms with van der Waals surface area (Å²) in [4.78, 5) is 28.5. The Morgan fingerprint density at radius 3 is 2.50 bits per heavy atom. The summed E-state index contributed by atoms with van der Waals surface area (Å²) in [6, 6.07) is 11.1. The molecule has 3 aromatic rings. The van der Waals surface area contributed by atoms with Crippen LogP contribution >= 0.6 is 0 Å². The molecule has 0 saturated carbocycles. The average Bonchev–Trinajstić information content (AvgIpc) is 2.83. The van der Waals surface area contributed by atoms with Crippen LogP contribution in [-0.2, 0) is 0 Å². The Kier molecular flexibility index (Phi) is 6.49. The summed E-state index contributed by atoms with van der Waals surface area (Å²) in [6.45, 7) is 3.23. The second-order valence-electron chi connectivity index (χ2n) is 7.75. The lowest BCUT2D eigenvalue weighted by molar-refractivity contribution is 0.0699. The Hall–Kier alpha value is -3.68. The fourth-order valence-electron chi connectivity index (χ4n) is 4.09. The third-order valence-corrected chi connectivity index (χ3v) is 5.56. The molecule has 1 atom stereocenters. The number of rotatable bonds is 6. The van der Waals surface area contributed by atoms with Gasteiger partial charge < -0.3 is 19.7 Å². The first-order valence-electron chi connectivity index (χ1n) is 10.6. The highest BCUT2D eigenvalue weighted by atomic mass is 16.5. The number of ether oxygens (including phenoxy) is 2. The molecule has 1 amide bonds. The summed E-state index contributed by atoms with van der Waals surface area (Å²) in [5.74, 6) is 1.60. The molecule has 0 bridgehead atoms. The quantitative estimate of drug-likeness (QED) is 0.629. The van der Waals surface area contributed by atoms with E-state index in [9.17, 15) is 4.79 Å². The van der Waals surface area contributed by atoms with Crippen molar-refractivity contribution in [2.24, 2.45) is 0 Å². The monoisotopic (exact) mass is 433 g/mol. The number of piperidine rings is 1. The second kappa shape index (κ2) is 9.64. The van der Waals surface area contributed by atoms with Crippen LogP contribution in [0, 0.1) is 6.92 Å². The zero-order valence-electron chi connectivity index (χ0n) is 18.5. The van der Waals surface area contributed by atoms with E-state index >= 15 is 0 Å². The van der Waals surface area contributed by atoms with Gasteiger partial charge in [0.05, 0.1) is 14.2 Å². The third kappa shape index (κ3) is 4.64. The minimum Gasteiger partial charge on any atom is -0.496 e. The topological polar surface area (TPSA) is 89.5 Å². The molecule has 32 heavy (non-hydrogen) atoms. The van der Waals surface area contributed by atoms with Gasteiger partial charge in [-0.25, -0.2) is 9.97 Å². The summed E-state index contributed by atoms with van der Waals surface area (Å²) in [5.41, 5.74) is 3.19. The van der Waals surface area contributed by atoms with E-state index in [0.29, 0.717) is 36.1 Å². The van der Waals surface area contributed by atoms with Gasteiger partial charge in [-0.15, -0.1) is 0 Å². The lowest BCUT2D eigenvalue weighted by Gasteiger charge is -2.33. The lowest BCUT2D eigenvalue weighted by atomic mass is 9.93. The van der Waals surface area contributed by atoms with Gasteiger partial charge in [0.15, 0.2) is 0 Å². The molecule has 1 saturated heterocycles. The zero-order valence-corrected chi connectivity index (χ0v) is 18.5. The molecule has 0 radical (unpaired) electrons.